The second-order valence-corrected chi connectivity index (χ2v) is 5.26. The molecular formula is C14H11BrN2O4. The van der Waals surface area contributed by atoms with Crippen LogP contribution in [0.3, 0.4) is 0 Å². The highest BCUT2D eigenvalue weighted by atomic mass is 79.9. The molecule has 0 heterocycles. The van der Waals surface area contributed by atoms with Crippen LogP contribution in [0.2, 0.25) is 0 Å². The van der Waals surface area contributed by atoms with Crippen LogP contribution in [0.4, 0.5) is 17.1 Å². The molecule has 0 saturated heterocycles. The summed E-state index contributed by atoms with van der Waals surface area (Å²) in [7, 11) is 0. The number of hydrogen-bond donors (Lipinski definition) is 2. The molecule has 0 amide bonds. The van der Waals surface area contributed by atoms with Crippen molar-refractivity contribution >= 4 is 39.0 Å². The number of aromatic carboxylic acids is 1. The van der Waals surface area contributed by atoms with Gasteiger partial charge in [0.2, 0.25) is 0 Å². The minimum Gasteiger partial charge on any atom is -0.478 e. The zero-order chi connectivity index (χ0) is 15.6. The number of aryl methyl sites for hydroxylation is 1. The van der Waals surface area contributed by atoms with E-state index >= 15 is 0 Å². The first-order valence-electron chi connectivity index (χ1n) is 5.93. The Kier molecular flexibility index (Phi) is 4.23. The van der Waals surface area contributed by atoms with E-state index in [2.05, 4.69) is 21.2 Å². The van der Waals surface area contributed by atoms with Crippen molar-refractivity contribution in [3.63, 3.8) is 0 Å². The number of nitro benzene ring substituents is 1. The van der Waals surface area contributed by atoms with Gasteiger partial charge in [0.05, 0.1) is 16.2 Å². The molecule has 2 rings (SSSR count). The molecule has 6 nitrogen and oxygen atoms in total. The molecule has 0 fully saturated rings. The monoisotopic (exact) mass is 350 g/mol. The number of nitro groups is 1. The Bertz CT molecular complexity index is 731. The molecule has 0 bridgehead atoms. The quantitative estimate of drug-likeness (QED) is 0.639. The van der Waals surface area contributed by atoms with Crippen molar-refractivity contribution in [3.05, 3.63) is 62.1 Å². The maximum absolute atomic E-state index is 11.1. The molecule has 0 aromatic heterocycles. The number of nitrogens with one attached hydrogen (secondary N) is 1. The van der Waals surface area contributed by atoms with Crippen LogP contribution in [0, 0.1) is 17.0 Å². The summed E-state index contributed by atoms with van der Waals surface area (Å²) in [5.74, 6) is -1.14. The van der Waals surface area contributed by atoms with Crippen LogP contribution >= 0.6 is 15.9 Å². The van der Waals surface area contributed by atoms with Gasteiger partial charge < -0.3 is 10.4 Å². The minimum atomic E-state index is -1.14. The standard InChI is InChI=1S/C14H11BrN2O4/c1-8-2-4-10(15)11(6-8)16-12-7-9(14(18)19)3-5-13(12)17(20)21/h2-7,16H,1H3,(H,18,19). The Labute approximate surface area is 128 Å². The summed E-state index contributed by atoms with van der Waals surface area (Å²) >= 11 is 3.35. The van der Waals surface area contributed by atoms with Crippen LogP contribution in [0.25, 0.3) is 0 Å². The second kappa shape index (κ2) is 5.92. The Hall–Kier alpha value is -2.41. The molecule has 0 atom stereocenters. The summed E-state index contributed by atoms with van der Waals surface area (Å²) in [6.07, 6.45) is 0. The topological polar surface area (TPSA) is 92.5 Å². The van der Waals surface area contributed by atoms with Crippen molar-refractivity contribution in [1.29, 1.82) is 0 Å². The van der Waals surface area contributed by atoms with Crippen molar-refractivity contribution in [3.8, 4) is 0 Å². The number of rotatable bonds is 4. The first-order valence-corrected chi connectivity index (χ1v) is 6.72. The van der Waals surface area contributed by atoms with Crippen molar-refractivity contribution < 1.29 is 14.8 Å². The first kappa shape index (κ1) is 15.0. The molecule has 108 valence electrons. The molecule has 0 radical (unpaired) electrons. The van der Waals surface area contributed by atoms with E-state index in [0.29, 0.717) is 5.69 Å². The lowest BCUT2D eigenvalue weighted by atomic mass is 10.1. The van der Waals surface area contributed by atoms with E-state index in [-0.39, 0.29) is 16.9 Å². The van der Waals surface area contributed by atoms with Crippen LogP contribution in [0.1, 0.15) is 15.9 Å². The van der Waals surface area contributed by atoms with Gasteiger partial charge in [0, 0.05) is 10.5 Å². The number of anilines is 2. The van der Waals surface area contributed by atoms with E-state index in [1.54, 1.807) is 6.07 Å². The molecule has 2 N–H and O–H groups in total. The first-order chi connectivity index (χ1) is 9.88. The number of hydrogen-bond acceptors (Lipinski definition) is 4. The molecule has 21 heavy (non-hydrogen) atoms. The van der Waals surface area contributed by atoms with E-state index < -0.39 is 10.9 Å². The fourth-order valence-corrected chi connectivity index (χ4v) is 2.15. The van der Waals surface area contributed by atoms with E-state index in [9.17, 15) is 14.9 Å². The number of carbonyl (C=O) groups is 1. The van der Waals surface area contributed by atoms with Crippen LogP contribution in [0.5, 0.6) is 0 Å². The average molecular weight is 351 g/mol. The minimum absolute atomic E-state index is 0.0214. The zero-order valence-corrected chi connectivity index (χ0v) is 12.5. The number of carboxylic acid groups (broad SMARTS) is 1. The largest absolute Gasteiger partial charge is 0.478 e. The van der Waals surface area contributed by atoms with E-state index in [0.717, 1.165) is 10.0 Å². The van der Waals surface area contributed by atoms with Crippen molar-refractivity contribution in [2.75, 3.05) is 5.32 Å². The smallest absolute Gasteiger partial charge is 0.335 e. The maximum atomic E-state index is 11.1. The number of nitrogens with zero attached hydrogens (tertiary/aromatic N) is 1. The van der Waals surface area contributed by atoms with Crippen LogP contribution < -0.4 is 5.32 Å². The summed E-state index contributed by atoms with van der Waals surface area (Å²) in [4.78, 5) is 21.5. The molecule has 0 unspecified atom stereocenters. The Morgan fingerprint density at radius 1 is 1.24 bits per heavy atom. The third-order valence-corrected chi connectivity index (χ3v) is 3.52. The molecule has 0 aliphatic rings. The molecule has 0 saturated carbocycles. The highest BCUT2D eigenvalue weighted by Crippen LogP contribution is 2.32. The fourth-order valence-electron chi connectivity index (χ4n) is 1.81. The van der Waals surface area contributed by atoms with Crippen LogP contribution in [0.15, 0.2) is 40.9 Å². The third kappa shape index (κ3) is 3.38. The zero-order valence-electron chi connectivity index (χ0n) is 11.0. The van der Waals surface area contributed by atoms with Gasteiger partial charge in [0.25, 0.3) is 5.69 Å². The molecule has 2 aromatic carbocycles. The molecule has 2 aromatic rings. The van der Waals surface area contributed by atoms with Crippen LogP contribution in [-0.4, -0.2) is 16.0 Å². The predicted octanol–water partition coefficient (Wildman–Crippen LogP) is 4.11. The molecule has 0 aliphatic heterocycles. The molecule has 0 spiro atoms. The van der Waals surface area contributed by atoms with Gasteiger partial charge in [-0.15, -0.1) is 0 Å². The van der Waals surface area contributed by atoms with Gasteiger partial charge in [-0.25, -0.2) is 4.79 Å². The molecular weight excluding hydrogens is 340 g/mol. The highest BCUT2D eigenvalue weighted by Gasteiger charge is 2.17. The van der Waals surface area contributed by atoms with Gasteiger partial charge in [-0.2, -0.15) is 0 Å². The van der Waals surface area contributed by atoms with Crippen LogP contribution in [-0.2, 0) is 0 Å². The summed E-state index contributed by atoms with van der Waals surface area (Å²) < 4.78 is 0.725. The third-order valence-electron chi connectivity index (χ3n) is 2.83. The van der Waals surface area contributed by atoms with Gasteiger partial charge in [-0.1, -0.05) is 6.07 Å². The second-order valence-electron chi connectivity index (χ2n) is 4.40. The van der Waals surface area contributed by atoms with Gasteiger partial charge in [-0.3, -0.25) is 10.1 Å². The summed E-state index contributed by atoms with van der Waals surface area (Å²) in [6.45, 7) is 1.89. The lowest BCUT2D eigenvalue weighted by molar-refractivity contribution is -0.383. The van der Waals surface area contributed by atoms with E-state index in [4.69, 9.17) is 5.11 Å². The highest BCUT2D eigenvalue weighted by molar-refractivity contribution is 9.10. The van der Waals surface area contributed by atoms with Crippen molar-refractivity contribution in [2.45, 2.75) is 6.92 Å². The lowest BCUT2D eigenvalue weighted by Gasteiger charge is -2.10. The molecule has 0 aliphatic carbocycles. The van der Waals surface area contributed by atoms with Gasteiger partial charge >= 0.3 is 5.97 Å². The average Bonchev–Trinajstić information content (AvgIpc) is 2.42. The fraction of sp³-hybridized carbons (Fsp3) is 0.0714. The van der Waals surface area contributed by atoms with E-state index in [1.165, 1.54) is 18.2 Å². The maximum Gasteiger partial charge on any atom is 0.335 e. The lowest BCUT2D eigenvalue weighted by Crippen LogP contribution is -2.02. The summed E-state index contributed by atoms with van der Waals surface area (Å²) in [5, 5.41) is 23.0. The summed E-state index contributed by atoms with van der Waals surface area (Å²) in [6, 6.07) is 9.13. The van der Waals surface area contributed by atoms with Crippen molar-refractivity contribution in [1.82, 2.24) is 0 Å². The Morgan fingerprint density at radius 2 is 1.95 bits per heavy atom. The number of halogens is 1. The van der Waals surface area contributed by atoms with Gasteiger partial charge in [0.15, 0.2) is 0 Å². The number of benzene rings is 2. The number of carboxylic acids is 1. The Balaban J connectivity index is 2.50. The van der Waals surface area contributed by atoms with Crippen molar-refractivity contribution in [2.24, 2.45) is 0 Å². The summed E-state index contributed by atoms with van der Waals surface area (Å²) in [5.41, 5.74) is 1.52. The van der Waals surface area contributed by atoms with E-state index in [1.807, 2.05) is 19.1 Å². The Morgan fingerprint density at radius 3 is 2.57 bits per heavy atom. The molecule has 7 heteroatoms. The van der Waals surface area contributed by atoms with Gasteiger partial charge in [-0.05, 0) is 52.7 Å². The van der Waals surface area contributed by atoms with Gasteiger partial charge in [0.1, 0.15) is 5.69 Å². The predicted molar refractivity (Wildman–Crippen MR) is 82.2 cm³/mol. The normalized spacial score (nSPS) is 10.2. The SMILES string of the molecule is Cc1ccc(Br)c(Nc2cc(C(=O)O)ccc2[N+](=O)[O-])c1.